The first-order valence-corrected chi connectivity index (χ1v) is 7.05. The molecule has 0 aliphatic carbocycles. The zero-order valence-electron chi connectivity index (χ0n) is 10.8. The lowest BCUT2D eigenvalue weighted by Crippen LogP contribution is -2.41. The number of carbonyl (C=O) groups is 1. The Labute approximate surface area is 110 Å². The Kier molecular flexibility index (Phi) is 4.19. The van der Waals surface area contributed by atoms with Crippen LogP contribution in [0.3, 0.4) is 0 Å². The van der Waals surface area contributed by atoms with E-state index in [9.17, 15) is 17.6 Å². The zero-order chi connectivity index (χ0) is 14.8. The van der Waals surface area contributed by atoms with E-state index in [4.69, 9.17) is 9.84 Å². The summed E-state index contributed by atoms with van der Waals surface area (Å²) in [5.41, 5.74) is -0.0878. The number of ether oxygens (including phenoxy) is 1. The smallest absolute Gasteiger partial charge is 0.324 e. The first-order chi connectivity index (χ1) is 8.61. The van der Waals surface area contributed by atoms with Crippen LogP contribution in [0, 0.1) is 5.82 Å². The summed E-state index contributed by atoms with van der Waals surface area (Å²) in [7, 11) is -2.67. The lowest BCUT2D eigenvalue weighted by Gasteiger charge is -2.19. The topological polar surface area (TPSA) is 80.7 Å². The number of hydrogen-bond acceptors (Lipinski definition) is 4. The fraction of sp³-hybridized carbons (Fsp3) is 0.417. The Bertz CT molecular complexity index is 592. The van der Waals surface area contributed by atoms with Gasteiger partial charge in [0.15, 0.2) is 14.6 Å². The lowest BCUT2D eigenvalue weighted by atomic mass is 10.2. The molecule has 0 saturated carbocycles. The van der Waals surface area contributed by atoms with E-state index in [0.717, 1.165) is 19.9 Å². The minimum Gasteiger partial charge on any atom is -0.497 e. The molecule has 0 aliphatic rings. The van der Waals surface area contributed by atoms with Gasteiger partial charge in [0.25, 0.3) is 0 Å². The molecule has 1 aromatic carbocycles. The molecule has 0 saturated heterocycles. The maximum Gasteiger partial charge on any atom is 0.324 e. The minimum absolute atomic E-state index is 0.0878. The number of carboxylic acids is 1. The highest BCUT2D eigenvalue weighted by Gasteiger charge is 2.42. The van der Waals surface area contributed by atoms with E-state index < -0.39 is 32.1 Å². The van der Waals surface area contributed by atoms with Gasteiger partial charge in [0, 0.05) is 11.6 Å². The van der Waals surface area contributed by atoms with Gasteiger partial charge in [-0.2, -0.15) is 0 Å². The standard InChI is InChI=1S/C12H15FO5S/c1-12(2,11(14)15)19(16,17)7-8-4-5-9(18-3)6-10(8)13/h4-6H,7H2,1-3H3,(H,14,15). The van der Waals surface area contributed by atoms with Crippen LogP contribution < -0.4 is 4.74 Å². The van der Waals surface area contributed by atoms with E-state index in [1.807, 2.05) is 0 Å². The van der Waals surface area contributed by atoms with Gasteiger partial charge in [0.2, 0.25) is 0 Å². The van der Waals surface area contributed by atoms with Crippen molar-refractivity contribution in [3.63, 3.8) is 0 Å². The van der Waals surface area contributed by atoms with E-state index >= 15 is 0 Å². The number of benzene rings is 1. The van der Waals surface area contributed by atoms with Crippen LogP contribution in [0.15, 0.2) is 18.2 Å². The van der Waals surface area contributed by atoms with Crippen LogP contribution in [-0.4, -0.2) is 31.4 Å². The molecule has 106 valence electrons. The molecule has 0 amide bonds. The quantitative estimate of drug-likeness (QED) is 0.891. The molecular formula is C12H15FO5S. The zero-order valence-corrected chi connectivity index (χ0v) is 11.6. The molecule has 0 heterocycles. The van der Waals surface area contributed by atoms with Gasteiger partial charge >= 0.3 is 5.97 Å². The Morgan fingerprint density at radius 2 is 2.00 bits per heavy atom. The van der Waals surface area contributed by atoms with Crippen LogP contribution in [0.2, 0.25) is 0 Å². The number of aliphatic carboxylic acids is 1. The molecule has 0 aromatic heterocycles. The molecule has 19 heavy (non-hydrogen) atoms. The van der Waals surface area contributed by atoms with Gasteiger partial charge in [-0.05, 0) is 19.9 Å². The fourth-order valence-electron chi connectivity index (χ4n) is 1.29. The highest BCUT2D eigenvalue weighted by Crippen LogP contribution is 2.24. The summed E-state index contributed by atoms with van der Waals surface area (Å²) in [5, 5.41) is 8.91. The summed E-state index contributed by atoms with van der Waals surface area (Å²) >= 11 is 0. The Hall–Kier alpha value is -1.63. The van der Waals surface area contributed by atoms with Gasteiger partial charge in [-0.25, -0.2) is 12.8 Å². The average molecular weight is 290 g/mol. The van der Waals surface area contributed by atoms with Crippen molar-refractivity contribution in [2.75, 3.05) is 7.11 Å². The molecule has 0 radical (unpaired) electrons. The van der Waals surface area contributed by atoms with Crippen LogP contribution >= 0.6 is 0 Å². The highest BCUT2D eigenvalue weighted by molar-refractivity contribution is 7.92. The third-order valence-electron chi connectivity index (χ3n) is 2.90. The van der Waals surface area contributed by atoms with E-state index in [-0.39, 0.29) is 11.3 Å². The van der Waals surface area contributed by atoms with Crippen molar-refractivity contribution in [3.8, 4) is 5.75 Å². The molecule has 0 atom stereocenters. The van der Waals surface area contributed by atoms with Gasteiger partial charge < -0.3 is 9.84 Å². The third kappa shape index (κ3) is 3.04. The predicted molar refractivity (Wildman–Crippen MR) is 67.3 cm³/mol. The number of hydrogen-bond donors (Lipinski definition) is 1. The second-order valence-electron chi connectivity index (χ2n) is 4.53. The molecule has 0 fully saturated rings. The van der Waals surface area contributed by atoms with Crippen LogP contribution in [0.5, 0.6) is 5.75 Å². The van der Waals surface area contributed by atoms with E-state index in [2.05, 4.69) is 0 Å². The minimum atomic E-state index is -4.03. The lowest BCUT2D eigenvalue weighted by molar-refractivity contribution is -0.139. The number of carboxylic acid groups (broad SMARTS) is 1. The van der Waals surface area contributed by atoms with Gasteiger partial charge in [0.1, 0.15) is 11.6 Å². The summed E-state index contributed by atoms with van der Waals surface area (Å²) in [6.45, 7) is 2.15. The van der Waals surface area contributed by atoms with Crippen LogP contribution in [0.25, 0.3) is 0 Å². The predicted octanol–water partition coefficient (Wildman–Crippen LogP) is 1.61. The molecule has 0 aliphatic heterocycles. The van der Waals surface area contributed by atoms with Gasteiger partial charge in [-0.15, -0.1) is 0 Å². The summed E-state index contributed by atoms with van der Waals surface area (Å²) in [4.78, 5) is 11.0. The second-order valence-corrected chi connectivity index (χ2v) is 7.07. The molecule has 0 unspecified atom stereocenters. The first kappa shape index (κ1) is 15.4. The molecule has 0 bridgehead atoms. The fourth-order valence-corrected chi connectivity index (χ4v) is 2.56. The van der Waals surface area contributed by atoms with Crippen molar-refractivity contribution < 1.29 is 27.4 Å². The van der Waals surface area contributed by atoms with Gasteiger partial charge in [-0.3, -0.25) is 4.79 Å². The Morgan fingerprint density at radius 3 is 2.42 bits per heavy atom. The van der Waals surface area contributed by atoms with E-state index in [1.54, 1.807) is 0 Å². The van der Waals surface area contributed by atoms with Gasteiger partial charge in [-0.1, -0.05) is 6.07 Å². The maximum absolute atomic E-state index is 13.7. The number of halogens is 1. The average Bonchev–Trinajstić information content (AvgIpc) is 2.31. The van der Waals surface area contributed by atoms with Crippen LogP contribution in [-0.2, 0) is 20.4 Å². The van der Waals surface area contributed by atoms with Crippen LogP contribution in [0.1, 0.15) is 19.4 Å². The molecule has 7 heteroatoms. The third-order valence-corrected chi connectivity index (χ3v) is 5.32. The van der Waals surface area contributed by atoms with Crippen molar-refractivity contribution in [2.45, 2.75) is 24.3 Å². The van der Waals surface area contributed by atoms with E-state index in [1.165, 1.54) is 19.2 Å². The molecule has 1 rings (SSSR count). The Balaban J connectivity index is 3.13. The van der Waals surface area contributed by atoms with Crippen molar-refractivity contribution in [1.29, 1.82) is 0 Å². The van der Waals surface area contributed by atoms with Gasteiger partial charge in [0.05, 0.1) is 12.9 Å². The van der Waals surface area contributed by atoms with Crippen molar-refractivity contribution in [2.24, 2.45) is 0 Å². The maximum atomic E-state index is 13.7. The number of rotatable bonds is 5. The molecule has 1 aromatic rings. The molecule has 1 N–H and O–H groups in total. The highest BCUT2D eigenvalue weighted by atomic mass is 32.2. The SMILES string of the molecule is COc1ccc(CS(=O)(=O)C(C)(C)C(=O)O)c(F)c1. The van der Waals surface area contributed by atoms with Crippen molar-refractivity contribution in [1.82, 2.24) is 0 Å². The van der Waals surface area contributed by atoms with Crippen LogP contribution in [0.4, 0.5) is 4.39 Å². The molecule has 5 nitrogen and oxygen atoms in total. The molecule has 0 spiro atoms. The van der Waals surface area contributed by atoms with Crippen molar-refractivity contribution >= 4 is 15.8 Å². The molecular weight excluding hydrogens is 275 g/mol. The summed E-state index contributed by atoms with van der Waals surface area (Å²) in [6.07, 6.45) is 0. The second kappa shape index (κ2) is 5.16. The van der Waals surface area contributed by atoms with Crippen molar-refractivity contribution in [3.05, 3.63) is 29.6 Å². The number of methoxy groups -OCH3 is 1. The first-order valence-electron chi connectivity index (χ1n) is 5.40. The van der Waals surface area contributed by atoms with E-state index in [0.29, 0.717) is 0 Å². The Morgan fingerprint density at radius 1 is 1.42 bits per heavy atom. The normalized spacial score (nSPS) is 12.2. The summed E-state index contributed by atoms with van der Waals surface area (Å²) < 4.78 is 40.5. The monoisotopic (exact) mass is 290 g/mol. The summed E-state index contributed by atoms with van der Waals surface area (Å²) in [5.74, 6) is -2.64. The summed E-state index contributed by atoms with van der Waals surface area (Å²) in [6, 6.07) is 3.74. The number of sulfone groups is 1. The largest absolute Gasteiger partial charge is 0.497 e.